The topological polar surface area (TPSA) is 48.4 Å². The summed E-state index contributed by atoms with van der Waals surface area (Å²) < 4.78 is 27.5. The highest BCUT2D eigenvalue weighted by Gasteiger charge is 2.22. The number of halogens is 2. The van der Waals surface area contributed by atoms with Crippen LogP contribution in [0.25, 0.3) is 10.9 Å². The van der Waals surface area contributed by atoms with Gasteiger partial charge in [0.15, 0.2) is 0 Å². The Morgan fingerprint density at radius 2 is 1.79 bits per heavy atom. The normalized spacial score (nSPS) is 16.4. The first-order valence-electron chi connectivity index (χ1n) is 9.54. The molecule has 1 atom stereocenters. The molecule has 4 nitrogen and oxygen atoms in total. The van der Waals surface area contributed by atoms with Crippen molar-refractivity contribution in [3.63, 3.8) is 0 Å². The lowest BCUT2D eigenvalue weighted by Crippen LogP contribution is -2.36. The van der Waals surface area contributed by atoms with Crippen molar-refractivity contribution in [1.82, 2.24) is 4.98 Å². The Kier molecular flexibility index (Phi) is 5.13. The van der Waals surface area contributed by atoms with Gasteiger partial charge in [-0.05, 0) is 56.2 Å². The van der Waals surface area contributed by atoms with Crippen LogP contribution in [0.1, 0.15) is 31.4 Å². The van der Waals surface area contributed by atoms with Crippen LogP contribution >= 0.6 is 0 Å². The fraction of sp³-hybridized carbons (Fsp3) is 0.318. The molecule has 0 radical (unpaired) electrons. The minimum Gasteiger partial charge on any atom is -0.393 e. The van der Waals surface area contributed by atoms with Gasteiger partial charge in [-0.1, -0.05) is 0 Å². The molecule has 2 N–H and O–H groups in total. The largest absolute Gasteiger partial charge is 0.393 e. The Bertz CT molecular complexity index is 987. The molecule has 28 heavy (non-hydrogen) atoms. The zero-order chi connectivity index (χ0) is 19.7. The Morgan fingerprint density at radius 3 is 2.57 bits per heavy atom. The summed E-state index contributed by atoms with van der Waals surface area (Å²) in [6.07, 6.45) is 2.78. The summed E-state index contributed by atoms with van der Waals surface area (Å²) >= 11 is 0. The van der Waals surface area contributed by atoms with Crippen molar-refractivity contribution in [1.29, 1.82) is 0 Å². The maximum atomic E-state index is 14.0. The van der Waals surface area contributed by atoms with Crippen LogP contribution in [0.4, 0.5) is 20.2 Å². The van der Waals surface area contributed by atoms with Crippen molar-refractivity contribution < 1.29 is 13.9 Å². The molecule has 0 spiro atoms. The average molecular weight is 383 g/mol. The molecule has 1 aromatic heterocycles. The van der Waals surface area contributed by atoms with Crippen molar-refractivity contribution >= 4 is 22.3 Å². The predicted molar refractivity (Wildman–Crippen MR) is 108 cm³/mol. The highest BCUT2D eigenvalue weighted by atomic mass is 19.1. The minimum atomic E-state index is -0.329. The van der Waals surface area contributed by atoms with Crippen LogP contribution in [0, 0.1) is 11.6 Å². The van der Waals surface area contributed by atoms with E-state index in [4.69, 9.17) is 0 Å². The number of aliphatic hydroxyl groups excluding tert-OH is 1. The third-order valence-corrected chi connectivity index (χ3v) is 5.34. The monoisotopic (exact) mass is 383 g/mol. The maximum absolute atomic E-state index is 14.0. The lowest BCUT2D eigenvalue weighted by atomic mass is 10.0. The molecule has 6 heteroatoms. The number of aliphatic hydroxyl groups is 1. The van der Waals surface area contributed by atoms with Crippen LogP contribution in [0.2, 0.25) is 0 Å². The van der Waals surface area contributed by atoms with E-state index in [-0.39, 0.29) is 23.8 Å². The summed E-state index contributed by atoms with van der Waals surface area (Å²) in [7, 11) is 0. The van der Waals surface area contributed by atoms with E-state index in [1.807, 2.05) is 13.0 Å². The SMILES string of the molecule is CC(Nc1ccnc2cc(F)ccc12)c1cc(F)ccc1N1CCC(O)CC1. The van der Waals surface area contributed by atoms with Gasteiger partial charge in [-0.2, -0.15) is 0 Å². The third-order valence-electron chi connectivity index (χ3n) is 5.34. The van der Waals surface area contributed by atoms with Crippen LogP contribution < -0.4 is 10.2 Å². The van der Waals surface area contributed by atoms with E-state index in [1.54, 1.807) is 24.4 Å². The number of piperidine rings is 1. The van der Waals surface area contributed by atoms with Crippen LogP contribution in [-0.2, 0) is 0 Å². The summed E-state index contributed by atoms with van der Waals surface area (Å²) in [5.74, 6) is -0.615. The van der Waals surface area contributed by atoms with Crippen molar-refractivity contribution in [2.24, 2.45) is 0 Å². The first-order valence-corrected chi connectivity index (χ1v) is 9.54. The maximum Gasteiger partial charge on any atom is 0.125 e. The number of aromatic nitrogens is 1. The van der Waals surface area contributed by atoms with Crippen molar-refractivity contribution in [2.45, 2.75) is 31.9 Å². The summed E-state index contributed by atoms with van der Waals surface area (Å²) in [4.78, 5) is 6.42. The highest BCUT2D eigenvalue weighted by molar-refractivity contribution is 5.91. The standard InChI is InChI=1S/C22H23F2N3O/c1-14(26-20-6-9-25-21-13-16(24)2-4-18(20)21)19-12-15(23)3-5-22(19)27-10-7-17(28)8-11-27/h2-6,9,12-14,17,28H,7-8,10-11H2,1H3,(H,25,26). The molecule has 0 amide bonds. The summed E-state index contributed by atoms with van der Waals surface area (Å²) in [6, 6.07) is 11.0. The lowest BCUT2D eigenvalue weighted by Gasteiger charge is -2.34. The Hall–Kier alpha value is -2.73. The highest BCUT2D eigenvalue weighted by Crippen LogP contribution is 2.33. The molecule has 0 saturated carbocycles. The van der Waals surface area contributed by atoms with Crippen molar-refractivity contribution in [3.8, 4) is 0 Å². The molecular weight excluding hydrogens is 360 g/mol. The van der Waals surface area contributed by atoms with E-state index in [9.17, 15) is 13.9 Å². The number of hydrogen-bond acceptors (Lipinski definition) is 4. The molecule has 146 valence electrons. The van der Waals surface area contributed by atoms with E-state index in [1.165, 1.54) is 18.2 Å². The minimum absolute atomic E-state index is 0.173. The number of rotatable bonds is 4. The van der Waals surface area contributed by atoms with Gasteiger partial charge in [0.05, 0.1) is 17.7 Å². The van der Waals surface area contributed by atoms with Gasteiger partial charge in [-0.15, -0.1) is 0 Å². The zero-order valence-corrected chi connectivity index (χ0v) is 15.7. The number of hydrogen-bond donors (Lipinski definition) is 2. The molecule has 4 rings (SSSR count). The van der Waals surface area contributed by atoms with Gasteiger partial charge < -0.3 is 15.3 Å². The first-order chi connectivity index (χ1) is 13.5. The van der Waals surface area contributed by atoms with Crippen LogP contribution in [0.5, 0.6) is 0 Å². The zero-order valence-electron chi connectivity index (χ0n) is 15.7. The van der Waals surface area contributed by atoms with Gasteiger partial charge in [-0.3, -0.25) is 4.98 Å². The molecule has 1 aliphatic rings. The molecule has 0 aliphatic carbocycles. The summed E-state index contributed by atoms with van der Waals surface area (Å²) in [5.41, 5.74) is 3.21. The number of pyridine rings is 1. The van der Waals surface area contributed by atoms with Crippen molar-refractivity contribution in [2.75, 3.05) is 23.3 Å². The van der Waals surface area contributed by atoms with E-state index in [2.05, 4.69) is 15.2 Å². The third kappa shape index (κ3) is 3.78. The van der Waals surface area contributed by atoms with E-state index in [0.29, 0.717) is 18.4 Å². The van der Waals surface area contributed by atoms with Gasteiger partial charge >= 0.3 is 0 Å². The molecule has 1 saturated heterocycles. The second-order valence-electron chi connectivity index (χ2n) is 7.31. The quantitative estimate of drug-likeness (QED) is 0.689. The number of nitrogens with zero attached hydrogens (tertiary/aromatic N) is 2. The van der Waals surface area contributed by atoms with E-state index < -0.39 is 0 Å². The van der Waals surface area contributed by atoms with Crippen LogP contribution in [0.15, 0.2) is 48.7 Å². The van der Waals surface area contributed by atoms with Gasteiger partial charge in [-0.25, -0.2) is 8.78 Å². The average Bonchev–Trinajstić information content (AvgIpc) is 2.68. The molecule has 0 bridgehead atoms. The second-order valence-corrected chi connectivity index (χ2v) is 7.31. The molecule has 1 unspecified atom stereocenters. The molecular formula is C22H23F2N3O. The van der Waals surface area contributed by atoms with E-state index in [0.717, 1.165) is 35.4 Å². The smallest absolute Gasteiger partial charge is 0.125 e. The van der Waals surface area contributed by atoms with Gasteiger partial charge in [0.25, 0.3) is 0 Å². The lowest BCUT2D eigenvalue weighted by molar-refractivity contribution is 0.145. The number of nitrogens with one attached hydrogen (secondary N) is 1. The van der Waals surface area contributed by atoms with Gasteiger partial charge in [0.2, 0.25) is 0 Å². The molecule has 2 heterocycles. The molecule has 2 aromatic carbocycles. The Balaban J connectivity index is 1.65. The fourth-order valence-electron chi connectivity index (χ4n) is 3.83. The summed E-state index contributed by atoms with van der Waals surface area (Å²) in [6.45, 7) is 3.46. The number of anilines is 2. The Labute approximate surface area is 162 Å². The number of fused-ring (bicyclic) bond motifs is 1. The number of benzene rings is 2. The Morgan fingerprint density at radius 1 is 1.07 bits per heavy atom. The predicted octanol–water partition coefficient (Wildman–Crippen LogP) is 4.65. The molecule has 3 aromatic rings. The van der Waals surface area contributed by atoms with Gasteiger partial charge in [0.1, 0.15) is 11.6 Å². The van der Waals surface area contributed by atoms with Crippen LogP contribution in [0.3, 0.4) is 0 Å². The molecule has 1 fully saturated rings. The fourth-order valence-corrected chi connectivity index (χ4v) is 3.83. The van der Waals surface area contributed by atoms with Crippen molar-refractivity contribution in [3.05, 3.63) is 65.9 Å². The summed E-state index contributed by atoms with van der Waals surface area (Å²) in [5, 5.41) is 14.0. The van der Waals surface area contributed by atoms with Crippen LogP contribution in [-0.4, -0.2) is 29.3 Å². The second kappa shape index (κ2) is 7.72. The van der Waals surface area contributed by atoms with E-state index >= 15 is 0 Å². The van der Waals surface area contributed by atoms with Gasteiger partial charge in [0, 0.05) is 47.7 Å². The first kappa shape index (κ1) is 18.6. The molecule has 1 aliphatic heterocycles.